The Morgan fingerprint density at radius 2 is 1.88 bits per heavy atom. The number of quaternary nitrogens is 1. The van der Waals surface area contributed by atoms with Crippen LogP contribution in [-0.4, -0.2) is 32.2 Å². The highest BCUT2D eigenvalue weighted by Gasteiger charge is 2.17. The molecule has 2 N–H and O–H groups in total. The standard InChI is InChI=1S/C12H16N2O2/c1-10-2-4-11(5-3-10)12(15)13-14-6-8-16-9-7-14/h2-5H,6-9H2,1H3,(H,13,15)/p+1. The Hall–Kier alpha value is -1.39. The molecule has 0 aromatic heterocycles. The van der Waals surface area contributed by atoms with Crippen molar-refractivity contribution >= 4 is 5.91 Å². The maximum absolute atomic E-state index is 11.9. The maximum atomic E-state index is 11.9. The minimum absolute atomic E-state index is 0.0168. The topological polar surface area (TPSA) is 42.8 Å². The van der Waals surface area contributed by atoms with Crippen LogP contribution >= 0.6 is 0 Å². The quantitative estimate of drug-likeness (QED) is 0.710. The van der Waals surface area contributed by atoms with Gasteiger partial charge in [-0.3, -0.25) is 4.79 Å². The van der Waals surface area contributed by atoms with Gasteiger partial charge in [0.1, 0.15) is 13.1 Å². The number of carbonyl (C=O) groups is 1. The molecule has 0 atom stereocenters. The third-order valence-corrected chi connectivity index (χ3v) is 2.70. The molecule has 1 fully saturated rings. The number of morpholine rings is 1. The van der Waals surface area contributed by atoms with Gasteiger partial charge in [0.15, 0.2) is 0 Å². The number of aryl methyl sites for hydroxylation is 1. The Labute approximate surface area is 95.2 Å². The van der Waals surface area contributed by atoms with E-state index in [-0.39, 0.29) is 5.91 Å². The van der Waals surface area contributed by atoms with Gasteiger partial charge < -0.3 is 4.74 Å². The third-order valence-electron chi connectivity index (χ3n) is 2.70. The first kappa shape index (κ1) is 11.1. The lowest BCUT2D eigenvalue weighted by atomic mass is 10.1. The van der Waals surface area contributed by atoms with Crippen molar-refractivity contribution in [2.45, 2.75) is 6.92 Å². The molecule has 1 amide bonds. The molecule has 1 aliphatic heterocycles. The van der Waals surface area contributed by atoms with E-state index in [1.165, 1.54) is 0 Å². The lowest BCUT2D eigenvalue weighted by Gasteiger charge is -2.23. The zero-order valence-electron chi connectivity index (χ0n) is 9.45. The van der Waals surface area contributed by atoms with Crippen molar-refractivity contribution in [2.75, 3.05) is 26.3 Å². The predicted molar refractivity (Wildman–Crippen MR) is 60.2 cm³/mol. The minimum Gasteiger partial charge on any atom is -0.370 e. The first-order valence-electron chi connectivity index (χ1n) is 5.56. The average molecular weight is 221 g/mol. The molecule has 4 nitrogen and oxygen atoms in total. The highest BCUT2D eigenvalue weighted by Crippen LogP contribution is 2.01. The summed E-state index contributed by atoms with van der Waals surface area (Å²) in [7, 11) is 0. The number of amides is 1. The monoisotopic (exact) mass is 221 g/mol. The second-order valence-corrected chi connectivity index (χ2v) is 4.04. The van der Waals surface area contributed by atoms with Crippen LogP contribution in [0.1, 0.15) is 15.9 Å². The molecule has 0 aliphatic carbocycles. The molecular weight excluding hydrogens is 204 g/mol. The van der Waals surface area contributed by atoms with E-state index in [0.717, 1.165) is 23.7 Å². The van der Waals surface area contributed by atoms with Crippen LogP contribution in [0.5, 0.6) is 0 Å². The van der Waals surface area contributed by atoms with E-state index < -0.39 is 0 Å². The fourth-order valence-electron chi connectivity index (χ4n) is 1.68. The van der Waals surface area contributed by atoms with Gasteiger partial charge in [-0.15, -0.1) is 0 Å². The van der Waals surface area contributed by atoms with Crippen LogP contribution in [0.4, 0.5) is 0 Å². The second-order valence-electron chi connectivity index (χ2n) is 4.04. The molecule has 0 radical (unpaired) electrons. The first-order chi connectivity index (χ1) is 7.75. The first-order valence-corrected chi connectivity index (χ1v) is 5.56. The summed E-state index contributed by atoms with van der Waals surface area (Å²) in [5.41, 5.74) is 4.83. The van der Waals surface area contributed by atoms with Crippen LogP contribution in [0.3, 0.4) is 0 Å². The minimum atomic E-state index is -0.0168. The van der Waals surface area contributed by atoms with Gasteiger partial charge in [0.05, 0.1) is 13.2 Å². The van der Waals surface area contributed by atoms with E-state index in [0.29, 0.717) is 18.8 Å². The number of hydrogen-bond donors (Lipinski definition) is 2. The molecule has 4 heteroatoms. The number of benzene rings is 1. The number of ether oxygens (including phenoxy) is 1. The van der Waals surface area contributed by atoms with Crippen molar-refractivity contribution in [3.05, 3.63) is 35.4 Å². The highest BCUT2D eigenvalue weighted by molar-refractivity contribution is 5.93. The Morgan fingerprint density at radius 3 is 2.50 bits per heavy atom. The summed E-state index contributed by atoms with van der Waals surface area (Å²) < 4.78 is 5.23. The lowest BCUT2D eigenvalue weighted by molar-refractivity contribution is -0.942. The summed E-state index contributed by atoms with van der Waals surface area (Å²) in [6, 6.07) is 7.60. The van der Waals surface area contributed by atoms with Crippen LogP contribution in [0.25, 0.3) is 0 Å². The molecule has 0 spiro atoms. The van der Waals surface area contributed by atoms with Gasteiger partial charge in [0.25, 0.3) is 5.91 Å². The van der Waals surface area contributed by atoms with Crippen molar-refractivity contribution in [3.63, 3.8) is 0 Å². The van der Waals surface area contributed by atoms with E-state index in [2.05, 4.69) is 5.43 Å². The molecular formula is C12H17N2O2+. The molecule has 1 aliphatic rings. The van der Waals surface area contributed by atoms with Crippen molar-refractivity contribution < 1.29 is 14.5 Å². The Morgan fingerprint density at radius 1 is 1.25 bits per heavy atom. The average Bonchev–Trinajstić information content (AvgIpc) is 2.31. The fraction of sp³-hybridized carbons (Fsp3) is 0.417. The van der Waals surface area contributed by atoms with Gasteiger partial charge in [-0.1, -0.05) is 17.7 Å². The zero-order chi connectivity index (χ0) is 11.4. The highest BCUT2D eigenvalue weighted by atomic mass is 16.5. The summed E-state index contributed by atoms with van der Waals surface area (Å²) in [5, 5.41) is 1.08. The second kappa shape index (κ2) is 5.09. The van der Waals surface area contributed by atoms with Crippen LogP contribution in [0.2, 0.25) is 0 Å². The summed E-state index contributed by atoms with van der Waals surface area (Å²) >= 11 is 0. The molecule has 0 saturated carbocycles. The Balaban J connectivity index is 1.94. The molecule has 16 heavy (non-hydrogen) atoms. The van der Waals surface area contributed by atoms with Crippen LogP contribution < -0.4 is 10.4 Å². The normalized spacial score (nSPS) is 17.1. The summed E-state index contributed by atoms with van der Waals surface area (Å²) in [6.07, 6.45) is 0. The van der Waals surface area contributed by atoms with Crippen LogP contribution in [0.15, 0.2) is 24.3 Å². The molecule has 1 heterocycles. The van der Waals surface area contributed by atoms with Crippen molar-refractivity contribution in [1.82, 2.24) is 5.43 Å². The largest absolute Gasteiger partial charge is 0.370 e. The molecule has 2 rings (SSSR count). The fourth-order valence-corrected chi connectivity index (χ4v) is 1.68. The van der Waals surface area contributed by atoms with Gasteiger partial charge in [-0.05, 0) is 19.1 Å². The summed E-state index contributed by atoms with van der Waals surface area (Å²) in [5.74, 6) is -0.0168. The van der Waals surface area contributed by atoms with Gasteiger partial charge >= 0.3 is 0 Å². The van der Waals surface area contributed by atoms with Gasteiger partial charge in [0, 0.05) is 5.56 Å². The third kappa shape index (κ3) is 2.81. The predicted octanol–water partition coefficient (Wildman–Crippen LogP) is -0.445. The SMILES string of the molecule is Cc1ccc(C(=O)N[NH+]2CCOCC2)cc1. The van der Waals surface area contributed by atoms with Gasteiger partial charge in [-0.2, -0.15) is 5.43 Å². The zero-order valence-corrected chi connectivity index (χ0v) is 9.45. The number of rotatable bonds is 2. The van der Waals surface area contributed by atoms with E-state index in [9.17, 15) is 4.79 Å². The smallest absolute Gasteiger partial charge is 0.295 e. The van der Waals surface area contributed by atoms with Crippen molar-refractivity contribution in [1.29, 1.82) is 0 Å². The van der Waals surface area contributed by atoms with Gasteiger partial charge in [-0.25, -0.2) is 5.01 Å². The van der Waals surface area contributed by atoms with Crippen LogP contribution in [0, 0.1) is 6.92 Å². The van der Waals surface area contributed by atoms with E-state index in [4.69, 9.17) is 4.74 Å². The number of carbonyl (C=O) groups excluding carboxylic acids is 1. The van der Waals surface area contributed by atoms with Crippen molar-refractivity contribution in [3.8, 4) is 0 Å². The summed E-state index contributed by atoms with van der Waals surface area (Å²) in [4.78, 5) is 11.9. The molecule has 0 bridgehead atoms. The molecule has 1 aromatic rings. The van der Waals surface area contributed by atoms with Crippen LogP contribution in [-0.2, 0) is 4.74 Å². The maximum Gasteiger partial charge on any atom is 0.295 e. The lowest BCUT2D eigenvalue weighted by Crippen LogP contribution is -3.20. The van der Waals surface area contributed by atoms with E-state index in [1.54, 1.807) is 0 Å². The molecule has 86 valence electrons. The van der Waals surface area contributed by atoms with E-state index in [1.807, 2.05) is 31.2 Å². The number of nitrogens with one attached hydrogen (secondary N) is 2. The van der Waals surface area contributed by atoms with E-state index >= 15 is 0 Å². The molecule has 1 aromatic carbocycles. The number of hydrogen-bond acceptors (Lipinski definition) is 2. The Kier molecular flexibility index (Phi) is 3.54. The molecule has 0 unspecified atom stereocenters. The van der Waals surface area contributed by atoms with Crippen molar-refractivity contribution in [2.24, 2.45) is 0 Å². The van der Waals surface area contributed by atoms with Gasteiger partial charge in [0.2, 0.25) is 0 Å². The Bertz CT molecular complexity index is 356. The summed E-state index contributed by atoms with van der Waals surface area (Å²) in [6.45, 7) is 5.09. The molecule has 1 saturated heterocycles.